The third kappa shape index (κ3) is 5.48. The fourth-order valence-electron chi connectivity index (χ4n) is 3.65. The summed E-state index contributed by atoms with van der Waals surface area (Å²) in [6, 6.07) is 12.2. The van der Waals surface area contributed by atoms with Gasteiger partial charge in [-0.3, -0.25) is 4.79 Å². The summed E-state index contributed by atoms with van der Waals surface area (Å²) in [6.45, 7) is 1.32. The number of rotatable bonds is 9. The molecule has 8 nitrogen and oxygen atoms in total. The van der Waals surface area contributed by atoms with Gasteiger partial charge in [-0.2, -0.15) is 0 Å². The molecule has 0 aliphatic carbocycles. The van der Waals surface area contributed by atoms with E-state index in [1.165, 1.54) is 38.0 Å². The third-order valence-electron chi connectivity index (χ3n) is 5.42. The largest absolute Gasteiger partial charge is 0.497 e. The van der Waals surface area contributed by atoms with Crippen molar-refractivity contribution in [2.24, 2.45) is 0 Å². The van der Waals surface area contributed by atoms with Crippen LogP contribution in [0, 0.1) is 0 Å². The molecule has 1 heterocycles. The molecule has 0 radical (unpaired) electrons. The van der Waals surface area contributed by atoms with E-state index in [1.807, 2.05) is 24.3 Å². The van der Waals surface area contributed by atoms with Crippen LogP contribution in [0.25, 0.3) is 0 Å². The first-order chi connectivity index (χ1) is 14.9. The normalized spacial score (nSPS) is 16.2. The number of likely N-dealkylation sites (tertiary alicyclic amines) is 1. The van der Waals surface area contributed by atoms with Crippen LogP contribution >= 0.6 is 0 Å². The Balaban J connectivity index is 1.52. The van der Waals surface area contributed by atoms with Crippen molar-refractivity contribution in [3.05, 3.63) is 48.0 Å². The summed E-state index contributed by atoms with van der Waals surface area (Å²) >= 11 is 0. The molecule has 1 N–H and O–H groups in total. The van der Waals surface area contributed by atoms with Gasteiger partial charge in [-0.25, -0.2) is 13.1 Å². The molecule has 1 aliphatic heterocycles. The maximum atomic E-state index is 12.6. The van der Waals surface area contributed by atoms with Crippen molar-refractivity contribution in [1.82, 2.24) is 9.62 Å². The number of hydrogen-bond acceptors (Lipinski definition) is 6. The van der Waals surface area contributed by atoms with Gasteiger partial charge in [0.05, 0.1) is 26.2 Å². The number of ether oxygens (including phenoxy) is 3. The standard InChI is InChI=1S/C22H28N2O6S/c1-28-18-6-4-16(5-7-18)17-11-13-24(15-17)22(25)10-12-23-31(26,27)19-8-9-20(29-2)21(14-19)30-3/h4-9,14,17,23H,10-13,15H2,1-3H3. The van der Waals surface area contributed by atoms with Crippen LogP contribution in [-0.2, 0) is 14.8 Å². The zero-order valence-corrected chi connectivity index (χ0v) is 18.8. The average Bonchev–Trinajstić information content (AvgIpc) is 3.29. The number of methoxy groups -OCH3 is 3. The number of carbonyl (C=O) groups excluding carboxylic acids is 1. The Hall–Kier alpha value is -2.78. The van der Waals surface area contributed by atoms with Gasteiger partial charge >= 0.3 is 0 Å². The van der Waals surface area contributed by atoms with E-state index >= 15 is 0 Å². The topological polar surface area (TPSA) is 94.2 Å². The number of amides is 1. The fourth-order valence-corrected chi connectivity index (χ4v) is 4.70. The lowest BCUT2D eigenvalue weighted by atomic mass is 9.98. The summed E-state index contributed by atoms with van der Waals surface area (Å²) in [5.41, 5.74) is 1.17. The molecule has 0 bridgehead atoms. The lowest BCUT2D eigenvalue weighted by Gasteiger charge is -2.17. The Morgan fingerprint density at radius 3 is 2.39 bits per heavy atom. The van der Waals surface area contributed by atoms with Crippen LogP contribution in [-0.4, -0.2) is 60.2 Å². The predicted octanol–water partition coefficient (Wildman–Crippen LogP) is 2.40. The number of carbonyl (C=O) groups is 1. The van der Waals surface area contributed by atoms with Crippen molar-refractivity contribution >= 4 is 15.9 Å². The summed E-state index contributed by atoms with van der Waals surface area (Å²) in [5.74, 6) is 1.78. The minimum atomic E-state index is -3.77. The summed E-state index contributed by atoms with van der Waals surface area (Å²) in [7, 11) is 0.783. The smallest absolute Gasteiger partial charge is 0.240 e. The van der Waals surface area contributed by atoms with E-state index in [2.05, 4.69) is 4.72 Å². The van der Waals surface area contributed by atoms with E-state index in [4.69, 9.17) is 14.2 Å². The molecular formula is C22H28N2O6S. The highest BCUT2D eigenvalue weighted by Crippen LogP contribution is 2.30. The van der Waals surface area contributed by atoms with Crippen molar-refractivity contribution in [3.63, 3.8) is 0 Å². The maximum absolute atomic E-state index is 12.6. The zero-order valence-electron chi connectivity index (χ0n) is 18.0. The van der Waals surface area contributed by atoms with Crippen molar-refractivity contribution in [1.29, 1.82) is 0 Å². The van der Waals surface area contributed by atoms with Gasteiger partial charge in [0, 0.05) is 38.0 Å². The van der Waals surface area contributed by atoms with Gasteiger partial charge < -0.3 is 19.1 Å². The van der Waals surface area contributed by atoms with E-state index < -0.39 is 10.0 Å². The zero-order chi connectivity index (χ0) is 22.4. The molecule has 2 aromatic carbocycles. The highest BCUT2D eigenvalue weighted by Gasteiger charge is 2.27. The highest BCUT2D eigenvalue weighted by molar-refractivity contribution is 7.89. The van der Waals surface area contributed by atoms with E-state index in [-0.39, 0.29) is 29.7 Å². The molecule has 0 saturated carbocycles. The van der Waals surface area contributed by atoms with Gasteiger partial charge in [0.2, 0.25) is 15.9 Å². The van der Waals surface area contributed by atoms with Gasteiger partial charge in [-0.15, -0.1) is 0 Å². The molecule has 9 heteroatoms. The molecule has 1 saturated heterocycles. The lowest BCUT2D eigenvalue weighted by Crippen LogP contribution is -2.33. The number of sulfonamides is 1. The molecule has 0 aromatic heterocycles. The minimum absolute atomic E-state index is 0.0270. The van der Waals surface area contributed by atoms with E-state index in [9.17, 15) is 13.2 Å². The predicted molar refractivity (Wildman–Crippen MR) is 116 cm³/mol. The van der Waals surface area contributed by atoms with E-state index in [0.717, 1.165) is 12.2 Å². The van der Waals surface area contributed by atoms with Gasteiger partial charge in [-0.1, -0.05) is 12.1 Å². The average molecular weight is 449 g/mol. The van der Waals surface area contributed by atoms with Gasteiger partial charge in [-0.05, 0) is 36.2 Å². The van der Waals surface area contributed by atoms with Crippen LogP contribution in [0.2, 0.25) is 0 Å². The van der Waals surface area contributed by atoms with Crippen molar-refractivity contribution < 1.29 is 27.4 Å². The highest BCUT2D eigenvalue weighted by atomic mass is 32.2. The van der Waals surface area contributed by atoms with Crippen LogP contribution in [0.5, 0.6) is 17.2 Å². The van der Waals surface area contributed by atoms with Crippen LogP contribution < -0.4 is 18.9 Å². The van der Waals surface area contributed by atoms with Gasteiger partial charge in [0.15, 0.2) is 11.5 Å². The Kier molecular flexibility index (Phi) is 7.40. The molecule has 168 valence electrons. The van der Waals surface area contributed by atoms with Gasteiger partial charge in [0.1, 0.15) is 5.75 Å². The first kappa shape index (κ1) is 22.9. The minimum Gasteiger partial charge on any atom is -0.497 e. The molecular weight excluding hydrogens is 420 g/mol. The monoisotopic (exact) mass is 448 g/mol. The van der Waals surface area contributed by atoms with Crippen LogP contribution in [0.15, 0.2) is 47.4 Å². The Morgan fingerprint density at radius 1 is 1.03 bits per heavy atom. The molecule has 3 rings (SSSR count). The fraction of sp³-hybridized carbons (Fsp3) is 0.409. The molecule has 1 fully saturated rings. The molecule has 1 unspecified atom stereocenters. The summed E-state index contributed by atoms with van der Waals surface area (Å²) in [6.07, 6.45) is 0.983. The first-order valence-corrected chi connectivity index (χ1v) is 11.5. The number of nitrogens with zero attached hydrogens (tertiary/aromatic N) is 1. The molecule has 1 aliphatic rings. The number of benzene rings is 2. The molecule has 31 heavy (non-hydrogen) atoms. The molecule has 1 atom stereocenters. The van der Waals surface area contributed by atoms with Crippen molar-refractivity contribution in [2.75, 3.05) is 41.0 Å². The Bertz CT molecular complexity index is 1010. The van der Waals surface area contributed by atoms with Crippen molar-refractivity contribution in [2.45, 2.75) is 23.7 Å². The number of nitrogens with one attached hydrogen (secondary N) is 1. The quantitative estimate of drug-likeness (QED) is 0.633. The molecule has 1 amide bonds. The van der Waals surface area contributed by atoms with E-state index in [0.29, 0.717) is 24.6 Å². The summed E-state index contributed by atoms with van der Waals surface area (Å²) in [4.78, 5) is 14.4. The van der Waals surface area contributed by atoms with Crippen LogP contribution in [0.4, 0.5) is 0 Å². The molecule has 0 spiro atoms. The van der Waals surface area contributed by atoms with Crippen molar-refractivity contribution in [3.8, 4) is 17.2 Å². The summed E-state index contributed by atoms with van der Waals surface area (Å²) in [5, 5.41) is 0. The summed E-state index contributed by atoms with van der Waals surface area (Å²) < 4.78 is 43.1. The third-order valence-corrected chi connectivity index (χ3v) is 6.88. The number of hydrogen-bond donors (Lipinski definition) is 1. The Labute approximate surface area is 183 Å². The van der Waals surface area contributed by atoms with Crippen LogP contribution in [0.3, 0.4) is 0 Å². The van der Waals surface area contributed by atoms with Crippen LogP contribution in [0.1, 0.15) is 24.3 Å². The van der Waals surface area contributed by atoms with Gasteiger partial charge in [0.25, 0.3) is 0 Å². The molecule has 2 aromatic rings. The second-order valence-electron chi connectivity index (χ2n) is 7.26. The SMILES string of the molecule is COc1ccc(C2CCN(C(=O)CCNS(=O)(=O)c3ccc(OC)c(OC)c3)C2)cc1. The first-order valence-electron chi connectivity index (χ1n) is 10.0. The Morgan fingerprint density at radius 2 is 1.74 bits per heavy atom. The second kappa shape index (κ2) is 10.0. The maximum Gasteiger partial charge on any atom is 0.240 e. The second-order valence-corrected chi connectivity index (χ2v) is 9.03. The lowest BCUT2D eigenvalue weighted by molar-refractivity contribution is -0.130. The van der Waals surface area contributed by atoms with E-state index in [1.54, 1.807) is 12.0 Å².